The van der Waals surface area contributed by atoms with Crippen LogP contribution in [-0.4, -0.2) is 22.1 Å². The van der Waals surface area contributed by atoms with Crippen molar-refractivity contribution in [3.05, 3.63) is 81.8 Å². The molecule has 0 atom stereocenters. The van der Waals surface area contributed by atoms with Crippen molar-refractivity contribution < 1.29 is 9.53 Å². The van der Waals surface area contributed by atoms with Crippen molar-refractivity contribution in [2.75, 3.05) is 6.61 Å². The van der Waals surface area contributed by atoms with Crippen LogP contribution in [0.15, 0.2) is 60.0 Å². The fourth-order valence-corrected chi connectivity index (χ4v) is 4.02. The Labute approximate surface area is 180 Å². The van der Waals surface area contributed by atoms with Crippen LogP contribution in [-0.2, 0) is 13.1 Å². The van der Waals surface area contributed by atoms with Gasteiger partial charge in [0.1, 0.15) is 11.6 Å². The minimum atomic E-state index is -0.0679. The number of hydrogen-bond acceptors (Lipinski definition) is 4. The summed E-state index contributed by atoms with van der Waals surface area (Å²) in [5.41, 5.74) is 4.51. The lowest BCUT2D eigenvalue weighted by Gasteiger charge is -2.12. The monoisotopic (exact) mass is 419 g/mol. The number of fused-ring (bicyclic) bond motifs is 1. The molecule has 154 valence electrons. The van der Waals surface area contributed by atoms with Crippen LogP contribution in [0.5, 0.6) is 5.75 Å². The number of aromatic nitrogens is 2. The van der Waals surface area contributed by atoms with Crippen LogP contribution in [0.25, 0.3) is 11.0 Å². The maximum atomic E-state index is 12.3. The molecule has 0 bridgehead atoms. The molecule has 0 unspecified atom stereocenters. The highest BCUT2D eigenvalue weighted by Gasteiger charge is 2.13. The molecule has 1 N–H and O–H groups in total. The number of carbonyl (C=O) groups excluding carboxylic acids is 1. The van der Waals surface area contributed by atoms with E-state index in [1.54, 1.807) is 0 Å². The zero-order valence-corrected chi connectivity index (χ0v) is 18.0. The van der Waals surface area contributed by atoms with Gasteiger partial charge in [-0.2, -0.15) is 0 Å². The second-order valence-corrected chi connectivity index (χ2v) is 8.22. The van der Waals surface area contributed by atoms with Gasteiger partial charge in [0.2, 0.25) is 0 Å². The minimum Gasteiger partial charge on any atom is -0.494 e. The van der Waals surface area contributed by atoms with E-state index in [0.717, 1.165) is 35.6 Å². The molecular weight excluding hydrogens is 394 g/mol. The Balaban J connectivity index is 1.42. The molecule has 2 aromatic heterocycles. The molecule has 4 rings (SSSR count). The van der Waals surface area contributed by atoms with Gasteiger partial charge in [-0.25, -0.2) is 4.98 Å². The van der Waals surface area contributed by atoms with Crippen molar-refractivity contribution in [3.8, 4) is 5.75 Å². The van der Waals surface area contributed by atoms with Crippen LogP contribution in [0, 0.1) is 13.8 Å². The first kappa shape index (κ1) is 20.2. The van der Waals surface area contributed by atoms with E-state index in [1.165, 1.54) is 22.5 Å². The highest BCUT2D eigenvalue weighted by atomic mass is 32.1. The number of nitrogens with zero attached hydrogens (tertiary/aromatic N) is 2. The molecule has 0 radical (unpaired) electrons. The van der Waals surface area contributed by atoms with Crippen LogP contribution in [0.1, 0.15) is 33.0 Å². The third kappa shape index (κ3) is 4.54. The molecule has 0 aliphatic carbocycles. The average Bonchev–Trinajstić information content (AvgIpc) is 3.40. The second kappa shape index (κ2) is 9.13. The molecule has 6 heteroatoms. The molecule has 5 nitrogen and oxygen atoms in total. The van der Waals surface area contributed by atoms with Gasteiger partial charge < -0.3 is 14.6 Å². The number of para-hydroxylation sites is 2. The highest BCUT2D eigenvalue weighted by Crippen LogP contribution is 2.19. The summed E-state index contributed by atoms with van der Waals surface area (Å²) in [5.74, 6) is 1.69. The largest absolute Gasteiger partial charge is 0.494 e. The van der Waals surface area contributed by atoms with Crippen LogP contribution in [0.3, 0.4) is 0 Å². The zero-order valence-electron chi connectivity index (χ0n) is 17.2. The fourth-order valence-electron chi connectivity index (χ4n) is 3.38. The maximum Gasteiger partial charge on any atom is 0.261 e. The highest BCUT2D eigenvalue weighted by molar-refractivity contribution is 7.12. The number of imidazole rings is 1. The van der Waals surface area contributed by atoms with Gasteiger partial charge in [-0.05, 0) is 67.1 Å². The number of nitrogens with one attached hydrogen (secondary N) is 1. The minimum absolute atomic E-state index is 0.0679. The van der Waals surface area contributed by atoms with E-state index in [0.29, 0.717) is 18.0 Å². The van der Waals surface area contributed by atoms with Crippen molar-refractivity contribution in [2.45, 2.75) is 33.4 Å². The van der Waals surface area contributed by atoms with Crippen LogP contribution in [0.4, 0.5) is 0 Å². The third-order valence-electron chi connectivity index (χ3n) is 5.16. The summed E-state index contributed by atoms with van der Waals surface area (Å²) in [4.78, 5) is 17.8. The molecule has 0 aliphatic rings. The predicted octanol–water partition coefficient (Wildman–Crippen LogP) is 5.11. The Bertz CT molecular complexity index is 1150. The van der Waals surface area contributed by atoms with Crippen molar-refractivity contribution in [1.29, 1.82) is 0 Å². The Hall–Kier alpha value is -3.12. The Morgan fingerprint density at radius 2 is 1.97 bits per heavy atom. The summed E-state index contributed by atoms with van der Waals surface area (Å²) in [5, 5.41) is 4.89. The zero-order chi connectivity index (χ0) is 20.9. The van der Waals surface area contributed by atoms with Gasteiger partial charge in [0.25, 0.3) is 5.91 Å². The van der Waals surface area contributed by atoms with E-state index in [4.69, 9.17) is 9.72 Å². The SMILES string of the molecule is Cc1ccc(OCCCn2c(CNC(=O)c3cccs3)nc3ccccc32)cc1C. The topological polar surface area (TPSA) is 56.1 Å². The number of thiophene rings is 1. The van der Waals surface area contributed by atoms with E-state index in [2.05, 4.69) is 41.9 Å². The van der Waals surface area contributed by atoms with E-state index < -0.39 is 0 Å². The Morgan fingerprint density at radius 1 is 1.10 bits per heavy atom. The molecule has 2 heterocycles. The van der Waals surface area contributed by atoms with Gasteiger partial charge in [-0.15, -0.1) is 11.3 Å². The number of ether oxygens (including phenoxy) is 1. The van der Waals surface area contributed by atoms with Gasteiger partial charge in [0.05, 0.1) is 29.1 Å². The average molecular weight is 420 g/mol. The quantitative estimate of drug-likeness (QED) is 0.404. The number of amides is 1. The van der Waals surface area contributed by atoms with Gasteiger partial charge >= 0.3 is 0 Å². The summed E-state index contributed by atoms with van der Waals surface area (Å²) in [6.45, 7) is 5.98. The molecule has 4 aromatic rings. The van der Waals surface area contributed by atoms with Crippen LogP contribution < -0.4 is 10.1 Å². The van der Waals surface area contributed by atoms with Crippen molar-refractivity contribution in [2.24, 2.45) is 0 Å². The molecule has 1 amide bonds. The molecular formula is C24H25N3O2S. The second-order valence-electron chi connectivity index (χ2n) is 7.28. The van der Waals surface area contributed by atoms with Gasteiger partial charge in [-0.1, -0.05) is 24.3 Å². The van der Waals surface area contributed by atoms with E-state index in [1.807, 2.05) is 41.8 Å². The Morgan fingerprint density at radius 3 is 2.77 bits per heavy atom. The maximum absolute atomic E-state index is 12.3. The lowest BCUT2D eigenvalue weighted by atomic mass is 10.1. The molecule has 30 heavy (non-hydrogen) atoms. The smallest absolute Gasteiger partial charge is 0.261 e. The predicted molar refractivity (Wildman–Crippen MR) is 121 cm³/mol. The first-order valence-electron chi connectivity index (χ1n) is 10.1. The third-order valence-corrected chi connectivity index (χ3v) is 6.03. The number of benzene rings is 2. The van der Waals surface area contributed by atoms with Crippen molar-refractivity contribution in [1.82, 2.24) is 14.9 Å². The van der Waals surface area contributed by atoms with E-state index in [-0.39, 0.29) is 5.91 Å². The number of hydrogen-bond donors (Lipinski definition) is 1. The summed E-state index contributed by atoms with van der Waals surface area (Å²) < 4.78 is 8.11. The summed E-state index contributed by atoms with van der Waals surface area (Å²) in [7, 11) is 0. The molecule has 0 saturated carbocycles. The Kier molecular flexibility index (Phi) is 6.14. The molecule has 0 spiro atoms. The fraction of sp³-hybridized carbons (Fsp3) is 0.250. The number of rotatable bonds is 8. The first-order chi connectivity index (χ1) is 14.6. The van der Waals surface area contributed by atoms with Gasteiger partial charge in [0, 0.05) is 6.54 Å². The summed E-state index contributed by atoms with van der Waals surface area (Å²) in [6.07, 6.45) is 0.846. The van der Waals surface area contributed by atoms with Crippen LogP contribution in [0.2, 0.25) is 0 Å². The molecule has 2 aromatic carbocycles. The van der Waals surface area contributed by atoms with E-state index >= 15 is 0 Å². The molecule has 0 aliphatic heterocycles. The van der Waals surface area contributed by atoms with Crippen molar-refractivity contribution in [3.63, 3.8) is 0 Å². The normalized spacial score (nSPS) is 11.0. The first-order valence-corrected chi connectivity index (χ1v) is 11.0. The number of aryl methyl sites for hydroxylation is 3. The van der Waals surface area contributed by atoms with Gasteiger partial charge in [-0.3, -0.25) is 4.79 Å². The summed E-state index contributed by atoms with van der Waals surface area (Å²) >= 11 is 1.44. The summed E-state index contributed by atoms with van der Waals surface area (Å²) in [6, 6.07) is 17.9. The van der Waals surface area contributed by atoms with E-state index in [9.17, 15) is 4.79 Å². The van der Waals surface area contributed by atoms with Crippen molar-refractivity contribution >= 4 is 28.3 Å². The lowest BCUT2D eigenvalue weighted by Crippen LogP contribution is -2.24. The van der Waals surface area contributed by atoms with Gasteiger partial charge in [0.15, 0.2) is 0 Å². The molecule has 0 saturated heterocycles. The lowest BCUT2D eigenvalue weighted by molar-refractivity contribution is 0.0953. The molecule has 0 fully saturated rings. The number of carbonyl (C=O) groups is 1. The van der Waals surface area contributed by atoms with Crippen LogP contribution >= 0.6 is 11.3 Å². The standard InChI is InChI=1S/C24H25N3O2S/c1-17-10-11-19(15-18(17)2)29-13-6-12-27-21-8-4-3-7-20(21)26-23(27)16-25-24(28)22-9-5-14-30-22/h3-5,7-11,14-15H,6,12-13,16H2,1-2H3,(H,25,28).